The first-order chi connectivity index (χ1) is 7.63. The lowest BCUT2D eigenvalue weighted by Gasteiger charge is -2.12. The molecule has 0 saturated carbocycles. The van der Waals surface area contributed by atoms with Crippen LogP contribution >= 0.6 is 0 Å². The average Bonchev–Trinajstić information content (AvgIpc) is 2.26. The zero-order valence-corrected chi connectivity index (χ0v) is 10.2. The van der Waals surface area contributed by atoms with Gasteiger partial charge in [-0.2, -0.15) is 0 Å². The lowest BCUT2D eigenvalue weighted by molar-refractivity contribution is 0.418. The second-order valence-corrected chi connectivity index (χ2v) is 4.42. The van der Waals surface area contributed by atoms with E-state index in [4.69, 9.17) is 4.74 Å². The SMILES string of the molecule is COc1cc(C)cc2c(C(C)C)ccnc12. The smallest absolute Gasteiger partial charge is 0.145 e. The van der Waals surface area contributed by atoms with Crippen molar-refractivity contribution in [3.63, 3.8) is 0 Å². The van der Waals surface area contributed by atoms with E-state index in [0.29, 0.717) is 5.92 Å². The third-order valence-electron chi connectivity index (χ3n) is 2.83. The van der Waals surface area contributed by atoms with Crippen molar-refractivity contribution < 1.29 is 4.74 Å². The highest BCUT2D eigenvalue weighted by molar-refractivity contribution is 5.88. The Morgan fingerprint density at radius 1 is 1.25 bits per heavy atom. The van der Waals surface area contributed by atoms with E-state index in [-0.39, 0.29) is 0 Å². The molecule has 84 valence electrons. The fourth-order valence-corrected chi connectivity index (χ4v) is 2.04. The third kappa shape index (κ3) is 1.75. The van der Waals surface area contributed by atoms with Crippen LogP contribution in [-0.4, -0.2) is 12.1 Å². The molecule has 2 rings (SSSR count). The fourth-order valence-electron chi connectivity index (χ4n) is 2.04. The number of aryl methyl sites for hydroxylation is 1. The number of hydrogen-bond acceptors (Lipinski definition) is 2. The molecule has 0 N–H and O–H groups in total. The van der Waals surface area contributed by atoms with Gasteiger partial charge in [-0.25, -0.2) is 0 Å². The quantitative estimate of drug-likeness (QED) is 0.762. The Balaban J connectivity index is 2.82. The Kier molecular flexibility index (Phi) is 2.82. The number of methoxy groups -OCH3 is 1. The first kappa shape index (κ1) is 10.9. The van der Waals surface area contributed by atoms with Crippen LogP contribution in [0.3, 0.4) is 0 Å². The van der Waals surface area contributed by atoms with E-state index in [1.54, 1.807) is 7.11 Å². The van der Waals surface area contributed by atoms with Crippen molar-refractivity contribution >= 4 is 10.9 Å². The summed E-state index contributed by atoms with van der Waals surface area (Å²) in [4.78, 5) is 4.41. The van der Waals surface area contributed by atoms with Gasteiger partial charge in [-0.15, -0.1) is 0 Å². The number of nitrogens with zero attached hydrogens (tertiary/aromatic N) is 1. The minimum absolute atomic E-state index is 0.497. The molecule has 0 fully saturated rings. The molecule has 0 bridgehead atoms. The average molecular weight is 215 g/mol. The normalized spacial score (nSPS) is 11.1. The summed E-state index contributed by atoms with van der Waals surface area (Å²) in [6.45, 7) is 6.48. The molecule has 16 heavy (non-hydrogen) atoms. The number of hydrogen-bond donors (Lipinski definition) is 0. The first-order valence-corrected chi connectivity index (χ1v) is 5.56. The summed E-state index contributed by atoms with van der Waals surface area (Å²) in [6, 6.07) is 6.30. The highest BCUT2D eigenvalue weighted by atomic mass is 16.5. The molecule has 2 nitrogen and oxygen atoms in total. The minimum Gasteiger partial charge on any atom is -0.494 e. The molecule has 0 atom stereocenters. The Hall–Kier alpha value is -1.57. The van der Waals surface area contributed by atoms with Gasteiger partial charge in [0, 0.05) is 11.6 Å². The number of fused-ring (bicyclic) bond motifs is 1. The Bertz CT molecular complexity index is 517. The zero-order chi connectivity index (χ0) is 11.7. The number of rotatable bonds is 2. The summed E-state index contributed by atoms with van der Waals surface area (Å²) in [7, 11) is 1.69. The van der Waals surface area contributed by atoms with E-state index >= 15 is 0 Å². The van der Waals surface area contributed by atoms with Gasteiger partial charge in [0.1, 0.15) is 11.3 Å². The first-order valence-electron chi connectivity index (χ1n) is 5.56. The largest absolute Gasteiger partial charge is 0.494 e. The Labute approximate surface area is 96.3 Å². The Morgan fingerprint density at radius 2 is 2.00 bits per heavy atom. The summed E-state index contributed by atoms with van der Waals surface area (Å²) in [5.74, 6) is 1.36. The standard InChI is InChI=1S/C14H17NO/c1-9(2)11-5-6-15-14-12(11)7-10(3)8-13(14)16-4/h5-9H,1-4H3. The van der Waals surface area contributed by atoms with Crippen LogP contribution in [-0.2, 0) is 0 Å². The van der Waals surface area contributed by atoms with Crippen LogP contribution in [0.4, 0.5) is 0 Å². The van der Waals surface area contributed by atoms with E-state index in [1.807, 2.05) is 12.3 Å². The van der Waals surface area contributed by atoms with Gasteiger partial charge in [-0.1, -0.05) is 13.8 Å². The maximum Gasteiger partial charge on any atom is 0.145 e. The summed E-state index contributed by atoms with van der Waals surface area (Å²) in [5.41, 5.74) is 3.49. The molecule has 0 amide bonds. The van der Waals surface area contributed by atoms with Crippen molar-refractivity contribution in [1.29, 1.82) is 0 Å². The molecule has 0 radical (unpaired) electrons. The molecule has 0 aliphatic carbocycles. The van der Waals surface area contributed by atoms with Crippen molar-refractivity contribution in [2.75, 3.05) is 7.11 Å². The van der Waals surface area contributed by atoms with Crippen LogP contribution in [0.2, 0.25) is 0 Å². The lowest BCUT2D eigenvalue weighted by Crippen LogP contribution is -1.94. The lowest BCUT2D eigenvalue weighted by atomic mass is 9.97. The van der Waals surface area contributed by atoms with Gasteiger partial charge in [-0.05, 0) is 42.2 Å². The van der Waals surface area contributed by atoms with Gasteiger partial charge < -0.3 is 4.74 Å². The van der Waals surface area contributed by atoms with Gasteiger partial charge in [0.15, 0.2) is 0 Å². The minimum atomic E-state index is 0.497. The predicted octanol–water partition coefficient (Wildman–Crippen LogP) is 3.68. The monoisotopic (exact) mass is 215 g/mol. The number of benzene rings is 1. The maximum absolute atomic E-state index is 5.38. The van der Waals surface area contributed by atoms with Crippen LogP contribution in [0.5, 0.6) is 5.75 Å². The van der Waals surface area contributed by atoms with Crippen LogP contribution < -0.4 is 4.74 Å². The number of ether oxygens (including phenoxy) is 1. The number of aromatic nitrogens is 1. The topological polar surface area (TPSA) is 22.1 Å². The van der Waals surface area contributed by atoms with E-state index in [1.165, 1.54) is 16.5 Å². The molecule has 0 unspecified atom stereocenters. The van der Waals surface area contributed by atoms with E-state index in [2.05, 4.69) is 37.9 Å². The van der Waals surface area contributed by atoms with Crippen molar-refractivity contribution in [3.05, 3.63) is 35.5 Å². The molecule has 0 spiro atoms. The van der Waals surface area contributed by atoms with Gasteiger partial charge in [-0.3, -0.25) is 4.98 Å². The van der Waals surface area contributed by atoms with Crippen LogP contribution in [0, 0.1) is 6.92 Å². The molecule has 1 aromatic heterocycles. The predicted molar refractivity (Wildman–Crippen MR) is 67.1 cm³/mol. The molecule has 0 saturated heterocycles. The fraction of sp³-hybridized carbons (Fsp3) is 0.357. The highest BCUT2D eigenvalue weighted by Gasteiger charge is 2.10. The summed E-state index contributed by atoms with van der Waals surface area (Å²) in [6.07, 6.45) is 1.86. The van der Waals surface area contributed by atoms with Crippen molar-refractivity contribution in [2.45, 2.75) is 26.7 Å². The van der Waals surface area contributed by atoms with E-state index < -0.39 is 0 Å². The Morgan fingerprint density at radius 3 is 2.62 bits per heavy atom. The number of pyridine rings is 1. The molecule has 2 aromatic rings. The second kappa shape index (κ2) is 4.12. The molecular weight excluding hydrogens is 198 g/mol. The van der Waals surface area contributed by atoms with Gasteiger partial charge in [0.25, 0.3) is 0 Å². The van der Waals surface area contributed by atoms with Crippen molar-refractivity contribution in [3.8, 4) is 5.75 Å². The van der Waals surface area contributed by atoms with E-state index in [0.717, 1.165) is 11.3 Å². The van der Waals surface area contributed by atoms with Crippen LogP contribution in [0.1, 0.15) is 30.9 Å². The van der Waals surface area contributed by atoms with Crippen molar-refractivity contribution in [2.24, 2.45) is 0 Å². The maximum atomic E-state index is 5.38. The van der Waals surface area contributed by atoms with Crippen molar-refractivity contribution in [1.82, 2.24) is 4.98 Å². The molecule has 0 aliphatic heterocycles. The molecular formula is C14H17NO. The molecule has 0 aliphatic rings. The molecule has 1 aromatic carbocycles. The zero-order valence-electron chi connectivity index (χ0n) is 10.2. The molecule has 2 heteroatoms. The van der Waals surface area contributed by atoms with Crippen LogP contribution in [0.15, 0.2) is 24.4 Å². The second-order valence-electron chi connectivity index (χ2n) is 4.42. The third-order valence-corrected chi connectivity index (χ3v) is 2.83. The van der Waals surface area contributed by atoms with E-state index in [9.17, 15) is 0 Å². The van der Waals surface area contributed by atoms with Gasteiger partial charge in [0.2, 0.25) is 0 Å². The summed E-state index contributed by atoms with van der Waals surface area (Å²) < 4.78 is 5.38. The van der Waals surface area contributed by atoms with Gasteiger partial charge >= 0.3 is 0 Å². The summed E-state index contributed by atoms with van der Waals surface area (Å²) in [5, 5.41) is 1.20. The highest BCUT2D eigenvalue weighted by Crippen LogP contribution is 2.30. The molecule has 1 heterocycles. The van der Waals surface area contributed by atoms with Crippen LogP contribution in [0.25, 0.3) is 10.9 Å². The van der Waals surface area contributed by atoms with Gasteiger partial charge in [0.05, 0.1) is 7.11 Å². The summed E-state index contributed by atoms with van der Waals surface area (Å²) >= 11 is 0.